The van der Waals surface area contributed by atoms with Crippen LogP contribution in [-0.2, 0) is 11.8 Å². The third-order valence-corrected chi connectivity index (χ3v) is 6.85. The Morgan fingerprint density at radius 1 is 0.926 bits per heavy atom. The van der Waals surface area contributed by atoms with Crippen LogP contribution in [0.1, 0.15) is 64.7 Å². The molecule has 2 nitrogen and oxygen atoms in total. The second-order valence-corrected chi connectivity index (χ2v) is 10.5. The van der Waals surface area contributed by atoms with Crippen molar-refractivity contribution in [3.63, 3.8) is 0 Å². The van der Waals surface area contributed by atoms with E-state index < -0.39 is 0 Å². The zero-order chi connectivity index (χ0) is 19.9. The smallest absolute Gasteiger partial charge is 0.137 e. The Balaban J connectivity index is 2.45. The van der Waals surface area contributed by atoms with Crippen molar-refractivity contribution >= 4 is 19.6 Å². The van der Waals surface area contributed by atoms with Crippen molar-refractivity contribution in [2.75, 3.05) is 12.3 Å². The quantitative estimate of drug-likeness (QED) is 0.310. The molecule has 0 aliphatic carbocycles. The highest BCUT2D eigenvalue weighted by Crippen LogP contribution is 2.31. The lowest BCUT2D eigenvalue weighted by molar-refractivity contribution is 0.590. The Kier molecular flexibility index (Phi) is 8.05. The van der Waals surface area contributed by atoms with E-state index in [1.54, 1.807) is 0 Å². The normalized spacial score (nSPS) is 12.5. The third-order valence-electron chi connectivity index (χ3n) is 4.80. The van der Waals surface area contributed by atoms with Crippen LogP contribution >= 0.6 is 8.07 Å². The van der Waals surface area contributed by atoms with Crippen molar-refractivity contribution in [3.05, 3.63) is 65.2 Å². The number of nitrogens with zero attached hydrogens (tertiary/aromatic N) is 1. The van der Waals surface area contributed by atoms with Crippen LogP contribution in [0.4, 0.5) is 5.69 Å². The Morgan fingerprint density at radius 2 is 1.56 bits per heavy atom. The first-order chi connectivity index (χ1) is 12.9. The van der Waals surface area contributed by atoms with Crippen LogP contribution in [0, 0.1) is 0 Å². The molecule has 0 radical (unpaired) electrons. The van der Waals surface area contributed by atoms with Crippen LogP contribution in [0.15, 0.2) is 53.5 Å². The molecular weight excluding hydrogens is 347 g/mol. The van der Waals surface area contributed by atoms with Crippen LogP contribution in [0.25, 0.3) is 0 Å². The van der Waals surface area contributed by atoms with Crippen LogP contribution in [0.5, 0.6) is 0 Å². The first-order valence-electron chi connectivity index (χ1n) is 10.2. The Bertz CT molecular complexity index is 738. The van der Waals surface area contributed by atoms with Gasteiger partial charge >= 0.3 is 0 Å². The number of benzene rings is 2. The first kappa shape index (κ1) is 21.6. The third kappa shape index (κ3) is 6.18. The largest absolute Gasteiger partial charge is 0.349 e. The van der Waals surface area contributed by atoms with Gasteiger partial charge in [-0.15, -0.1) is 0 Å². The SMILES string of the molecule is CCCc1ccccc1N=C(NP(CC)CC)c1ccc(C(C)(C)C)cc1. The fraction of sp³-hybridized carbons (Fsp3) is 0.458. The van der Waals surface area contributed by atoms with Gasteiger partial charge in [0.25, 0.3) is 0 Å². The maximum atomic E-state index is 5.10. The predicted octanol–water partition coefficient (Wildman–Crippen LogP) is 7.04. The monoisotopic (exact) mass is 382 g/mol. The molecular formula is C24H35N2P. The molecule has 0 spiro atoms. The molecule has 0 aromatic heterocycles. The molecule has 27 heavy (non-hydrogen) atoms. The Morgan fingerprint density at radius 3 is 2.11 bits per heavy atom. The summed E-state index contributed by atoms with van der Waals surface area (Å²) in [5.41, 5.74) is 5.09. The molecule has 0 saturated carbocycles. The van der Waals surface area contributed by atoms with E-state index in [-0.39, 0.29) is 13.5 Å². The molecule has 1 N–H and O–H groups in total. The number of hydrogen-bond donors (Lipinski definition) is 1. The van der Waals surface area contributed by atoms with Gasteiger partial charge < -0.3 is 5.09 Å². The molecule has 2 aromatic rings. The maximum absolute atomic E-state index is 5.10. The molecule has 0 bridgehead atoms. The summed E-state index contributed by atoms with van der Waals surface area (Å²) in [7, 11) is -0.244. The predicted molar refractivity (Wildman–Crippen MR) is 123 cm³/mol. The highest BCUT2D eigenvalue weighted by molar-refractivity contribution is 7.56. The fourth-order valence-corrected chi connectivity index (χ4v) is 4.28. The summed E-state index contributed by atoms with van der Waals surface area (Å²) in [5.74, 6) is 1.01. The first-order valence-corrected chi connectivity index (χ1v) is 11.9. The van der Waals surface area contributed by atoms with Gasteiger partial charge in [0.05, 0.1) is 5.69 Å². The van der Waals surface area contributed by atoms with Crippen LogP contribution in [0.3, 0.4) is 0 Å². The fourth-order valence-electron chi connectivity index (χ4n) is 3.03. The minimum absolute atomic E-state index is 0.163. The average Bonchev–Trinajstić information content (AvgIpc) is 2.66. The standard InChI is InChI=1S/C24H35N2P/c1-7-12-19-13-10-11-14-22(19)25-23(26-27(8-2)9-3)20-15-17-21(18-16-20)24(4,5)6/h10-11,13-18H,7-9,12H2,1-6H3,(H,25,26). The highest BCUT2D eigenvalue weighted by atomic mass is 31.1. The minimum Gasteiger partial charge on any atom is -0.349 e. The zero-order valence-corrected chi connectivity index (χ0v) is 18.7. The molecule has 0 saturated heterocycles. The van der Waals surface area contributed by atoms with Gasteiger partial charge in [0.1, 0.15) is 5.84 Å². The van der Waals surface area contributed by atoms with Crippen molar-refractivity contribution < 1.29 is 0 Å². The summed E-state index contributed by atoms with van der Waals surface area (Å²) in [6, 6.07) is 17.4. The summed E-state index contributed by atoms with van der Waals surface area (Å²) in [4.78, 5) is 5.10. The van der Waals surface area contributed by atoms with Crippen molar-refractivity contribution in [2.45, 2.75) is 59.8 Å². The molecule has 0 aliphatic rings. The number of nitrogens with one attached hydrogen (secondary N) is 1. The lowest BCUT2D eigenvalue weighted by Crippen LogP contribution is -2.21. The van der Waals surface area contributed by atoms with Crippen LogP contribution < -0.4 is 5.09 Å². The van der Waals surface area contributed by atoms with E-state index in [2.05, 4.69) is 95.2 Å². The number of para-hydroxylation sites is 1. The van der Waals surface area contributed by atoms with Gasteiger partial charge in [-0.3, -0.25) is 0 Å². The van der Waals surface area contributed by atoms with Crippen molar-refractivity contribution in [1.29, 1.82) is 0 Å². The van der Waals surface area contributed by atoms with Crippen molar-refractivity contribution in [3.8, 4) is 0 Å². The topological polar surface area (TPSA) is 24.4 Å². The van der Waals surface area contributed by atoms with Crippen LogP contribution in [0.2, 0.25) is 0 Å². The summed E-state index contributed by atoms with van der Waals surface area (Å²) in [6.45, 7) is 13.5. The van der Waals surface area contributed by atoms with Crippen molar-refractivity contribution in [2.24, 2.45) is 4.99 Å². The molecule has 146 valence electrons. The van der Waals surface area contributed by atoms with E-state index in [1.807, 2.05) is 0 Å². The van der Waals surface area contributed by atoms with E-state index in [9.17, 15) is 0 Å². The number of aliphatic imine (C=N–C) groups is 1. The zero-order valence-electron chi connectivity index (χ0n) is 17.8. The molecule has 3 heteroatoms. The second-order valence-electron chi connectivity index (χ2n) is 7.95. The van der Waals surface area contributed by atoms with Gasteiger partial charge in [-0.25, -0.2) is 4.99 Å². The lowest BCUT2D eigenvalue weighted by atomic mass is 9.86. The van der Waals surface area contributed by atoms with E-state index in [0.717, 1.165) is 36.7 Å². The minimum atomic E-state index is -0.244. The number of amidine groups is 1. The molecule has 0 heterocycles. The highest BCUT2D eigenvalue weighted by Gasteiger charge is 2.15. The van der Waals surface area contributed by atoms with E-state index in [1.165, 1.54) is 16.7 Å². The van der Waals surface area contributed by atoms with Gasteiger partial charge in [-0.05, 0) is 49.4 Å². The summed E-state index contributed by atoms with van der Waals surface area (Å²) >= 11 is 0. The molecule has 2 aromatic carbocycles. The summed E-state index contributed by atoms with van der Waals surface area (Å²) in [6.07, 6.45) is 4.50. The van der Waals surface area contributed by atoms with Gasteiger partial charge in [0, 0.05) is 5.56 Å². The summed E-state index contributed by atoms with van der Waals surface area (Å²) < 4.78 is 0. The number of rotatable bonds is 7. The van der Waals surface area contributed by atoms with Crippen molar-refractivity contribution in [1.82, 2.24) is 5.09 Å². The van der Waals surface area contributed by atoms with Gasteiger partial charge in [-0.2, -0.15) is 0 Å². The van der Waals surface area contributed by atoms with Gasteiger partial charge in [0.15, 0.2) is 0 Å². The van der Waals surface area contributed by atoms with E-state index in [4.69, 9.17) is 4.99 Å². The van der Waals surface area contributed by atoms with Crippen LogP contribution in [-0.4, -0.2) is 18.2 Å². The lowest BCUT2D eigenvalue weighted by Gasteiger charge is -2.21. The Labute approximate surface area is 167 Å². The summed E-state index contributed by atoms with van der Waals surface area (Å²) in [5, 5.41) is 3.76. The second kappa shape index (κ2) is 10.0. The average molecular weight is 383 g/mol. The molecule has 0 unspecified atom stereocenters. The maximum Gasteiger partial charge on any atom is 0.137 e. The molecule has 0 aliphatic heterocycles. The molecule has 0 fully saturated rings. The number of aryl methyl sites for hydroxylation is 1. The van der Waals surface area contributed by atoms with E-state index in [0.29, 0.717) is 0 Å². The Hall–Kier alpha value is -1.66. The molecule has 2 rings (SSSR count). The molecule has 0 atom stereocenters. The number of hydrogen-bond acceptors (Lipinski definition) is 1. The van der Waals surface area contributed by atoms with Gasteiger partial charge in [-0.1, -0.05) is 90.4 Å². The molecule has 0 amide bonds. The van der Waals surface area contributed by atoms with E-state index >= 15 is 0 Å². The van der Waals surface area contributed by atoms with Gasteiger partial charge in [0.2, 0.25) is 0 Å².